The summed E-state index contributed by atoms with van der Waals surface area (Å²) in [4.78, 5) is 13.1. The topological polar surface area (TPSA) is 66.5 Å². The number of carbonyl (C=O) groups excluding carboxylic acids is 1. The van der Waals surface area contributed by atoms with E-state index in [0.29, 0.717) is 18.4 Å². The Morgan fingerprint density at radius 3 is 2.22 bits per heavy atom. The highest BCUT2D eigenvalue weighted by Gasteiger charge is 2.39. The lowest BCUT2D eigenvalue weighted by molar-refractivity contribution is -0.126. The van der Waals surface area contributed by atoms with Gasteiger partial charge in [0.1, 0.15) is 5.82 Å². The number of rotatable bonds is 6. The predicted octanol–water partition coefficient (Wildman–Crippen LogP) is 4.28. The maximum Gasteiger partial charge on any atom is 0.243 e. The van der Waals surface area contributed by atoms with E-state index < -0.39 is 15.9 Å². The molecule has 0 saturated carbocycles. The summed E-state index contributed by atoms with van der Waals surface area (Å²) in [5.74, 6) is -1.16. The van der Waals surface area contributed by atoms with Crippen LogP contribution in [0.2, 0.25) is 0 Å². The van der Waals surface area contributed by atoms with Crippen molar-refractivity contribution in [3.05, 3.63) is 102 Å². The number of sulfonamides is 1. The molecule has 0 bridgehead atoms. The summed E-state index contributed by atoms with van der Waals surface area (Å²) in [6.07, 6.45) is 1.07. The Hall–Kier alpha value is -3.03. The summed E-state index contributed by atoms with van der Waals surface area (Å²) in [6.45, 7) is 0.134. The lowest BCUT2D eigenvalue weighted by Gasteiger charge is -2.38. The average Bonchev–Trinajstić information content (AvgIpc) is 2.84. The molecule has 1 saturated heterocycles. The maximum absolute atomic E-state index is 13.9. The quantitative estimate of drug-likeness (QED) is 0.607. The zero-order chi connectivity index (χ0) is 22.6. The van der Waals surface area contributed by atoms with Gasteiger partial charge in [-0.3, -0.25) is 4.79 Å². The molecule has 0 spiro atoms. The van der Waals surface area contributed by atoms with Crippen molar-refractivity contribution in [2.45, 2.75) is 30.3 Å². The van der Waals surface area contributed by atoms with Gasteiger partial charge in [-0.1, -0.05) is 66.7 Å². The zero-order valence-corrected chi connectivity index (χ0v) is 18.3. The molecule has 1 N–H and O–H groups in total. The Kier molecular flexibility index (Phi) is 6.67. The first-order chi connectivity index (χ1) is 15.5. The van der Waals surface area contributed by atoms with E-state index in [1.165, 1.54) is 10.4 Å². The molecular weight excluding hydrogens is 427 g/mol. The second kappa shape index (κ2) is 9.63. The third-order valence-electron chi connectivity index (χ3n) is 5.85. The van der Waals surface area contributed by atoms with Gasteiger partial charge in [-0.25, -0.2) is 12.8 Å². The van der Waals surface area contributed by atoms with Crippen molar-refractivity contribution in [1.29, 1.82) is 0 Å². The fourth-order valence-electron chi connectivity index (χ4n) is 4.12. The first-order valence-electron chi connectivity index (χ1n) is 10.6. The molecule has 3 aromatic rings. The second-order valence-electron chi connectivity index (χ2n) is 7.90. The van der Waals surface area contributed by atoms with Crippen LogP contribution in [-0.2, 0) is 21.4 Å². The van der Waals surface area contributed by atoms with Crippen LogP contribution in [0.5, 0.6) is 0 Å². The number of benzene rings is 3. The SMILES string of the molecule is O=C(NCc1ccccc1F)C1CCC(c2ccccc2)N(S(=O)(=O)c2ccccc2)C1. The summed E-state index contributed by atoms with van der Waals surface area (Å²) >= 11 is 0. The molecule has 0 aromatic heterocycles. The van der Waals surface area contributed by atoms with E-state index in [9.17, 15) is 17.6 Å². The van der Waals surface area contributed by atoms with Crippen molar-refractivity contribution in [2.24, 2.45) is 5.92 Å². The second-order valence-corrected chi connectivity index (χ2v) is 9.79. The molecule has 3 aromatic carbocycles. The van der Waals surface area contributed by atoms with Gasteiger partial charge in [0.2, 0.25) is 15.9 Å². The molecule has 1 amide bonds. The smallest absolute Gasteiger partial charge is 0.243 e. The summed E-state index contributed by atoms with van der Waals surface area (Å²) in [5, 5.41) is 2.78. The van der Waals surface area contributed by atoms with E-state index in [4.69, 9.17) is 0 Å². The van der Waals surface area contributed by atoms with Gasteiger partial charge in [-0.15, -0.1) is 0 Å². The largest absolute Gasteiger partial charge is 0.352 e. The van der Waals surface area contributed by atoms with Crippen LogP contribution >= 0.6 is 0 Å². The molecule has 0 radical (unpaired) electrons. The lowest BCUT2D eigenvalue weighted by Crippen LogP contribution is -2.46. The third kappa shape index (κ3) is 4.74. The van der Waals surface area contributed by atoms with E-state index >= 15 is 0 Å². The summed E-state index contributed by atoms with van der Waals surface area (Å²) in [7, 11) is -3.81. The van der Waals surface area contributed by atoms with Crippen LogP contribution in [0.4, 0.5) is 4.39 Å². The van der Waals surface area contributed by atoms with Crippen molar-refractivity contribution < 1.29 is 17.6 Å². The molecule has 1 aliphatic heterocycles. The first-order valence-corrected chi connectivity index (χ1v) is 12.0. The maximum atomic E-state index is 13.9. The molecule has 4 rings (SSSR count). The standard InChI is InChI=1S/C25H25FN2O3S/c26-23-14-8-7-11-20(23)17-27-25(29)21-15-16-24(19-9-3-1-4-10-19)28(18-21)32(30,31)22-12-5-2-6-13-22/h1-14,21,24H,15-18H2,(H,27,29). The zero-order valence-electron chi connectivity index (χ0n) is 17.5. The van der Waals surface area contributed by atoms with E-state index in [2.05, 4.69) is 5.32 Å². The van der Waals surface area contributed by atoms with Gasteiger partial charge in [0.15, 0.2) is 0 Å². The minimum Gasteiger partial charge on any atom is -0.352 e. The number of nitrogens with one attached hydrogen (secondary N) is 1. The number of hydrogen-bond donors (Lipinski definition) is 1. The van der Waals surface area contributed by atoms with Crippen LogP contribution in [0.3, 0.4) is 0 Å². The van der Waals surface area contributed by atoms with Crippen LogP contribution in [0.15, 0.2) is 89.8 Å². The molecule has 0 aliphatic carbocycles. The highest BCUT2D eigenvalue weighted by atomic mass is 32.2. The molecule has 5 nitrogen and oxygen atoms in total. The van der Waals surface area contributed by atoms with Crippen molar-refractivity contribution >= 4 is 15.9 Å². The summed E-state index contributed by atoms with van der Waals surface area (Å²) in [5.41, 5.74) is 1.30. The van der Waals surface area contributed by atoms with Crippen LogP contribution in [0.25, 0.3) is 0 Å². The van der Waals surface area contributed by atoms with Crippen molar-refractivity contribution in [2.75, 3.05) is 6.54 Å². The molecule has 166 valence electrons. The van der Waals surface area contributed by atoms with E-state index in [1.807, 2.05) is 30.3 Å². The van der Waals surface area contributed by atoms with Gasteiger partial charge in [0, 0.05) is 18.7 Å². The van der Waals surface area contributed by atoms with Crippen LogP contribution in [0.1, 0.15) is 30.0 Å². The third-order valence-corrected chi connectivity index (χ3v) is 7.74. The Bertz CT molecular complexity index is 1170. The van der Waals surface area contributed by atoms with Crippen LogP contribution < -0.4 is 5.32 Å². The minimum atomic E-state index is -3.81. The van der Waals surface area contributed by atoms with E-state index in [1.54, 1.807) is 48.5 Å². The summed E-state index contributed by atoms with van der Waals surface area (Å²) < 4.78 is 42.3. The predicted molar refractivity (Wildman–Crippen MR) is 120 cm³/mol. The van der Waals surface area contributed by atoms with E-state index in [-0.39, 0.29) is 35.8 Å². The Balaban J connectivity index is 1.57. The van der Waals surface area contributed by atoms with Crippen molar-refractivity contribution in [3.8, 4) is 0 Å². The fraction of sp³-hybridized carbons (Fsp3) is 0.240. The lowest BCUT2D eigenvalue weighted by atomic mass is 9.90. The monoisotopic (exact) mass is 452 g/mol. The van der Waals surface area contributed by atoms with Gasteiger partial charge in [0.05, 0.1) is 16.9 Å². The number of hydrogen-bond acceptors (Lipinski definition) is 3. The molecule has 7 heteroatoms. The first kappa shape index (κ1) is 22.2. The number of halogens is 1. The highest BCUT2D eigenvalue weighted by Crippen LogP contribution is 2.37. The molecular formula is C25H25FN2O3S. The van der Waals surface area contributed by atoms with Crippen molar-refractivity contribution in [1.82, 2.24) is 9.62 Å². The number of piperidine rings is 1. The van der Waals surface area contributed by atoms with Gasteiger partial charge < -0.3 is 5.32 Å². The molecule has 2 atom stereocenters. The fourth-order valence-corrected chi connectivity index (χ4v) is 5.83. The Labute approximate surface area is 187 Å². The number of amides is 1. The highest BCUT2D eigenvalue weighted by molar-refractivity contribution is 7.89. The number of carbonyl (C=O) groups is 1. The van der Waals surface area contributed by atoms with Gasteiger partial charge in [-0.2, -0.15) is 4.31 Å². The van der Waals surface area contributed by atoms with Gasteiger partial charge in [0.25, 0.3) is 0 Å². The average molecular weight is 453 g/mol. The summed E-state index contributed by atoms with van der Waals surface area (Å²) in [6, 6.07) is 23.7. The normalized spacial score (nSPS) is 19.4. The molecule has 1 fully saturated rings. The van der Waals surface area contributed by atoms with E-state index in [0.717, 1.165) is 5.56 Å². The minimum absolute atomic E-state index is 0.0650. The molecule has 32 heavy (non-hydrogen) atoms. The van der Waals surface area contributed by atoms with Crippen LogP contribution in [-0.4, -0.2) is 25.2 Å². The van der Waals surface area contributed by atoms with Crippen LogP contribution in [0, 0.1) is 11.7 Å². The molecule has 2 unspecified atom stereocenters. The molecule has 1 aliphatic rings. The Morgan fingerprint density at radius 1 is 0.906 bits per heavy atom. The van der Waals surface area contributed by atoms with Gasteiger partial charge in [-0.05, 0) is 36.6 Å². The molecule has 1 heterocycles. The number of nitrogens with zero attached hydrogens (tertiary/aromatic N) is 1. The Morgan fingerprint density at radius 2 is 1.53 bits per heavy atom. The van der Waals surface area contributed by atoms with Crippen molar-refractivity contribution in [3.63, 3.8) is 0 Å². The van der Waals surface area contributed by atoms with Gasteiger partial charge >= 0.3 is 0 Å².